The minimum atomic E-state index is -0.217. The van der Waals surface area contributed by atoms with Crippen LogP contribution in [0.5, 0.6) is 0 Å². The number of Topliss-reactive ketones (excluding diaryl/α,β-unsaturated/α-hetero) is 1. The van der Waals surface area contributed by atoms with Gasteiger partial charge in [0.05, 0.1) is 6.42 Å². The average molecular weight is 233 g/mol. The molecule has 0 aliphatic heterocycles. The molecule has 0 fully saturated rings. The third kappa shape index (κ3) is 4.81. The predicted octanol–water partition coefficient (Wildman–Crippen LogP) is 2.41. The van der Waals surface area contributed by atoms with Crippen molar-refractivity contribution in [2.45, 2.75) is 39.7 Å². The first kappa shape index (κ1) is 13.4. The van der Waals surface area contributed by atoms with Gasteiger partial charge in [-0.2, -0.15) is 0 Å². The van der Waals surface area contributed by atoms with Gasteiger partial charge in [-0.3, -0.25) is 9.59 Å². The Hall–Kier alpha value is -1.64. The molecule has 0 heterocycles. The third-order valence-electron chi connectivity index (χ3n) is 2.55. The number of carbonyl (C=O) groups excluding carboxylic acids is 2. The molecule has 1 aromatic carbocycles. The van der Waals surface area contributed by atoms with E-state index in [0.717, 1.165) is 5.56 Å². The highest BCUT2D eigenvalue weighted by molar-refractivity contribution is 5.96. The summed E-state index contributed by atoms with van der Waals surface area (Å²) in [5, 5.41) is 2.72. The van der Waals surface area contributed by atoms with E-state index < -0.39 is 0 Å². The van der Waals surface area contributed by atoms with Gasteiger partial charge in [-0.05, 0) is 24.0 Å². The van der Waals surface area contributed by atoms with E-state index in [2.05, 4.69) is 31.3 Å². The standard InChI is InChI=1S/C14H19NO2/c1-10(2)13-6-4-12(5-7-13)9-15-14(17)8-11(3)16/h4-7,10H,8-9H2,1-3H3,(H,15,17). The van der Waals surface area contributed by atoms with E-state index in [1.807, 2.05) is 12.1 Å². The van der Waals surface area contributed by atoms with Crippen molar-refractivity contribution in [2.75, 3.05) is 0 Å². The number of hydrogen-bond acceptors (Lipinski definition) is 2. The number of rotatable bonds is 5. The molecule has 1 aromatic rings. The summed E-state index contributed by atoms with van der Waals surface area (Å²) in [6.07, 6.45) is -0.0376. The van der Waals surface area contributed by atoms with Crippen LogP contribution in [0.1, 0.15) is 44.2 Å². The normalized spacial score (nSPS) is 10.4. The Labute approximate surface area is 102 Å². The highest BCUT2D eigenvalue weighted by atomic mass is 16.2. The van der Waals surface area contributed by atoms with Crippen molar-refractivity contribution in [1.82, 2.24) is 5.32 Å². The van der Waals surface area contributed by atoms with Crippen molar-refractivity contribution in [3.8, 4) is 0 Å². The van der Waals surface area contributed by atoms with E-state index in [1.165, 1.54) is 12.5 Å². The van der Waals surface area contributed by atoms with Crippen LogP contribution >= 0.6 is 0 Å². The lowest BCUT2D eigenvalue weighted by atomic mass is 10.0. The molecule has 0 aliphatic carbocycles. The van der Waals surface area contributed by atoms with Gasteiger partial charge in [0.25, 0.3) is 0 Å². The molecule has 0 aromatic heterocycles. The fraction of sp³-hybridized carbons (Fsp3) is 0.429. The van der Waals surface area contributed by atoms with Gasteiger partial charge in [0, 0.05) is 6.54 Å². The number of amides is 1. The molecular formula is C14H19NO2. The molecule has 0 spiro atoms. The maximum Gasteiger partial charge on any atom is 0.227 e. The molecule has 0 atom stereocenters. The van der Waals surface area contributed by atoms with E-state index in [9.17, 15) is 9.59 Å². The van der Waals surface area contributed by atoms with Gasteiger partial charge in [0.1, 0.15) is 5.78 Å². The van der Waals surface area contributed by atoms with Gasteiger partial charge in [0.2, 0.25) is 5.91 Å². The predicted molar refractivity (Wildman–Crippen MR) is 67.7 cm³/mol. The van der Waals surface area contributed by atoms with Crippen LogP contribution < -0.4 is 5.32 Å². The molecule has 0 saturated heterocycles. The molecule has 1 N–H and O–H groups in total. The number of nitrogens with one attached hydrogen (secondary N) is 1. The number of ketones is 1. The summed E-state index contributed by atoms with van der Waals surface area (Å²) in [5.41, 5.74) is 2.33. The van der Waals surface area contributed by atoms with Crippen molar-refractivity contribution in [1.29, 1.82) is 0 Å². The van der Waals surface area contributed by atoms with E-state index >= 15 is 0 Å². The Kier molecular flexibility index (Phi) is 4.88. The van der Waals surface area contributed by atoms with Crippen LogP contribution in [-0.4, -0.2) is 11.7 Å². The molecular weight excluding hydrogens is 214 g/mol. The SMILES string of the molecule is CC(=O)CC(=O)NCc1ccc(C(C)C)cc1. The van der Waals surface area contributed by atoms with Gasteiger partial charge >= 0.3 is 0 Å². The van der Waals surface area contributed by atoms with Crippen LogP contribution in [0.3, 0.4) is 0 Å². The number of benzene rings is 1. The lowest BCUT2D eigenvalue weighted by Crippen LogP contribution is -2.24. The van der Waals surface area contributed by atoms with E-state index in [0.29, 0.717) is 12.5 Å². The molecule has 0 bridgehead atoms. The summed E-state index contributed by atoms with van der Waals surface area (Å²) in [7, 11) is 0. The maximum absolute atomic E-state index is 11.3. The van der Waals surface area contributed by atoms with Crippen molar-refractivity contribution in [3.63, 3.8) is 0 Å². The Balaban J connectivity index is 2.47. The van der Waals surface area contributed by atoms with E-state index in [4.69, 9.17) is 0 Å². The molecule has 1 rings (SSSR count). The summed E-state index contributed by atoms with van der Waals surface area (Å²) in [6, 6.07) is 8.14. The molecule has 3 nitrogen and oxygen atoms in total. The molecule has 0 unspecified atom stereocenters. The van der Waals surface area contributed by atoms with Crippen molar-refractivity contribution < 1.29 is 9.59 Å². The van der Waals surface area contributed by atoms with Gasteiger partial charge < -0.3 is 5.32 Å². The van der Waals surface area contributed by atoms with Gasteiger partial charge in [-0.25, -0.2) is 0 Å². The van der Waals surface area contributed by atoms with Crippen LogP contribution in [-0.2, 0) is 16.1 Å². The Bertz CT molecular complexity index is 393. The summed E-state index contributed by atoms with van der Waals surface area (Å²) >= 11 is 0. The molecule has 1 amide bonds. The minimum Gasteiger partial charge on any atom is -0.352 e. The van der Waals surface area contributed by atoms with Crippen LogP contribution in [0.25, 0.3) is 0 Å². The zero-order valence-electron chi connectivity index (χ0n) is 10.6. The lowest BCUT2D eigenvalue weighted by molar-refractivity contribution is -0.127. The van der Waals surface area contributed by atoms with Crippen LogP contribution in [0.2, 0.25) is 0 Å². The van der Waals surface area contributed by atoms with Crippen molar-refractivity contribution >= 4 is 11.7 Å². The summed E-state index contributed by atoms with van der Waals surface area (Å²) in [5.74, 6) is 0.180. The maximum atomic E-state index is 11.3. The first-order valence-electron chi connectivity index (χ1n) is 5.84. The lowest BCUT2D eigenvalue weighted by Gasteiger charge is -2.07. The molecule has 0 aliphatic rings. The molecule has 3 heteroatoms. The Morgan fingerprint density at radius 3 is 2.24 bits per heavy atom. The number of hydrogen-bond donors (Lipinski definition) is 1. The van der Waals surface area contributed by atoms with Gasteiger partial charge in [0.15, 0.2) is 0 Å². The largest absolute Gasteiger partial charge is 0.352 e. The van der Waals surface area contributed by atoms with Crippen molar-refractivity contribution in [2.24, 2.45) is 0 Å². The topological polar surface area (TPSA) is 46.2 Å². The highest BCUT2D eigenvalue weighted by Gasteiger charge is 2.04. The van der Waals surface area contributed by atoms with Gasteiger partial charge in [-0.15, -0.1) is 0 Å². The zero-order valence-corrected chi connectivity index (χ0v) is 10.6. The van der Waals surface area contributed by atoms with Crippen LogP contribution in [0, 0.1) is 0 Å². The second kappa shape index (κ2) is 6.18. The average Bonchev–Trinajstić information content (AvgIpc) is 2.26. The molecule has 0 saturated carbocycles. The number of carbonyl (C=O) groups is 2. The summed E-state index contributed by atoms with van der Waals surface area (Å²) in [4.78, 5) is 22.0. The Morgan fingerprint density at radius 2 is 1.76 bits per heavy atom. The molecule has 17 heavy (non-hydrogen) atoms. The third-order valence-corrected chi connectivity index (χ3v) is 2.55. The quantitative estimate of drug-likeness (QED) is 0.794. The van der Waals surface area contributed by atoms with E-state index in [1.54, 1.807) is 0 Å². The van der Waals surface area contributed by atoms with E-state index in [-0.39, 0.29) is 18.1 Å². The monoisotopic (exact) mass is 233 g/mol. The smallest absolute Gasteiger partial charge is 0.227 e. The first-order valence-corrected chi connectivity index (χ1v) is 5.84. The summed E-state index contributed by atoms with van der Waals surface area (Å²) in [6.45, 7) is 6.18. The van der Waals surface area contributed by atoms with Gasteiger partial charge in [-0.1, -0.05) is 38.1 Å². The second-order valence-electron chi connectivity index (χ2n) is 4.55. The minimum absolute atomic E-state index is 0.0376. The summed E-state index contributed by atoms with van der Waals surface area (Å²) < 4.78 is 0. The fourth-order valence-corrected chi connectivity index (χ4v) is 1.51. The Morgan fingerprint density at radius 1 is 1.18 bits per heavy atom. The second-order valence-corrected chi connectivity index (χ2v) is 4.55. The fourth-order valence-electron chi connectivity index (χ4n) is 1.51. The van der Waals surface area contributed by atoms with Crippen molar-refractivity contribution in [3.05, 3.63) is 35.4 Å². The van der Waals surface area contributed by atoms with Crippen LogP contribution in [0.15, 0.2) is 24.3 Å². The van der Waals surface area contributed by atoms with Crippen LogP contribution in [0.4, 0.5) is 0 Å². The highest BCUT2D eigenvalue weighted by Crippen LogP contribution is 2.14. The zero-order chi connectivity index (χ0) is 12.8. The first-order chi connectivity index (χ1) is 7.99. The molecule has 0 radical (unpaired) electrons. The molecule has 92 valence electrons.